The van der Waals surface area contributed by atoms with Crippen LogP contribution in [0.3, 0.4) is 0 Å². The van der Waals surface area contributed by atoms with Crippen molar-refractivity contribution in [1.82, 2.24) is 0 Å². The van der Waals surface area contributed by atoms with Crippen LogP contribution in [0.25, 0.3) is 0 Å². The molecule has 1 heterocycles. The molecule has 25 heavy (non-hydrogen) atoms. The first kappa shape index (κ1) is 17.3. The van der Waals surface area contributed by atoms with Gasteiger partial charge in [-0.3, -0.25) is 9.59 Å². The Balaban J connectivity index is 1.97. The number of hydrogen-bond acceptors (Lipinski definition) is 5. The minimum atomic E-state index is -0.507. The minimum absolute atomic E-state index is 0.337. The van der Waals surface area contributed by atoms with Gasteiger partial charge in [0.25, 0.3) is 11.8 Å². The number of benzene rings is 1. The molecule has 6 nitrogen and oxygen atoms in total. The number of primary amides is 1. The third-order valence-electron chi connectivity index (χ3n) is 4.29. The van der Waals surface area contributed by atoms with E-state index in [1.54, 1.807) is 18.2 Å². The fourth-order valence-corrected chi connectivity index (χ4v) is 4.44. The molecule has 0 saturated carbocycles. The van der Waals surface area contributed by atoms with Crippen molar-refractivity contribution in [3.05, 3.63) is 39.8 Å². The Bertz CT molecular complexity index is 829. The summed E-state index contributed by atoms with van der Waals surface area (Å²) in [6, 6.07) is 5.08. The van der Waals surface area contributed by atoms with Crippen LogP contribution in [-0.2, 0) is 12.8 Å². The minimum Gasteiger partial charge on any atom is -0.493 e. The number of nitrogens with one attached hydrogen (secondary N) is 1. The molecule has 2 amide bonds. The number of fused-ring (bicyclic) bond motifs is 1. The van der Waals surface area contributed by atoms with Crippen LogP contribution in [-0.4, -0.2) is 26.0 Å². The van der Waals surface area contributed by atoms with Crippen LogP contribution >= 0.6 is 11.3 Å². The lowest BCUT2D eigenvalue weighted by molar-refractivity contribution is 0.100. The number of methoxy groups -OCH3 is 2. The molecule has 0 bridgehead atoms. The lowest BCUT2D eigenvalue weighted by atomic mass is 9.95. The molecule has 2 aromatic rings. The van der Waals surface area contributed by atoms with Crippen LogP contribution in [0.5, 0.6) is 11.5 Å². The van der Waals surface area contributed by atoms with Crippen molar-refractivity contribution in [2.75, 3.05) is 19.5 Å². The topological polar surface area (TPSA) is 90.6 Å². The molecule has 1 aliphatic carbocycles. The molecular weight excluding hydrogens is 340 g/mol. The first-order chi connectivity index (χ1) is 12.1. The zero-order valence-electron chi connectivity index (χ0n) is 14.2. The summed E-state index contributed by atoms with van der Waals surface area (Å²) < 4.78 is 10.5. The predicted molar refractivity (Wildman–Crippen MR) is 97.0 cm³/mol. The third kappa shape index (κ3) is 3.19. The molecule has 1 aliphatic rings. The normalized spacial score (nSPS) is 13.0. The molecule has 132 valence electrons. The lowest BCUT2D eigenvalue weighted by Crippen LogP contribution is -2.19. The van der Waals surface area contributed by atoms with E-state index in [-0.39, 0.29) is 5.91 Å². The average Bonchev–Trinajstić information content (AvgIpc) is 2.98. The standard InChI is InChI=1S/C18H20N2O4S/c1-23-12-8-5-7-11(15(12)24-2)17(22)20-18-14(16(19)21)10-6-3-4-9-13(10)25-18/h5,7-8H,3-4,6,9H2,1-2H3,(H2,19,21)(H,20,22). The molecule has 0 fully saturated rings. The zero-order valence-corrected chi connectivity index (χ0v) is 15.0. The summed E-state index contributed by atoms with van der Waals surface area (Å²) in [5.74, 6) is -0.0515. The molecular formula is C18H20N2O4S. The number of thiophene rings is 1. The summed E-state index contributed by atoms with van der Waals surface area (Å²) >= 11 is 1.43. The summed E-state index contributed by atoms with van der Waals surface area (Å²) in [6.45, 7) is 0. The van der Waals surface area contributed by atoms with Crippen molar-refractivity contribution in [1.29, 1.82) is 0 Å². The molecule has 3 rings (SSSR count). The van der Waals surface area contributed by atoms with Crippen molar-refractivity contribution >= 4 is 28.2 Å². The largest absolute Gasteiger partial charge is 0.493 e. The molecule has 0 spiro atoms. The maximum absolute atomic E-state index is 12.8. The number of hydrogen-bond donors (Lipinski definition) is 2. The highest BCUT2D eigenvalue weighted by Gasteiger charge is 2.26. The lowest BCUT2D eigenvalue weighted by Gasteiger charge is -2.13. The number of amides is 2. The Kier molecular flexibility index (Phi) is 4.94. The Morgan fingerprint density at radius 2 is 1.92 bits per heavy atom. The van der Waals surface area contributed by atoms with Crippen LogP contribution in [0.1, 0.15) is 44.0 Å². The SMILES string of the molecule is COc1cccc(C(=O)Nc2sc3c(c2C(N)=O)CCCC3)c1OC. The zero-order chi connectivity index (χ0) is 18.0. The van der Waals surface area contributed by atoms with Gasteiger partial charge in [0.05, 0.1) is 25.3 Å². The van der Waals surface area contributed by atoms with E-state index in [0.29, 0.717) is 27.6 Å². The van der Waals surface area contributed by atoms with E-state index < -0.39 is 5.91 Å². The molecule has 3 N–H and O–H groups in total. The summed E-state index contributed by atoms with van der Waals surface area (Å²) in [5, 5.41) is 3.34. The summed E-state index contributed by atoms with van der Waals surface area (Å²) in [7, 11) is 2.99. The maximum Gasteiger partial charge on any atom is 0.260 e. The van der Waals surface area contributed by atoms with Crippen molar-refractivity contribution in [3.63, 3.8) is 0 Å². The van der Waals surface area contributed by atoms with E-state index in [0.717, 1.165) is 36.1 Å². The van der Waals surface area contributed by atoms with Crippen molar-refractivity contribution in [2.24, 2.45) is 5.73 Å². The van der Waals surface area contributed by atoms with Gasteiger partial charge in [-0.15, -0.1) is 11.3 Å². The Morgan fingerprint density at radius 3 is 2.60 bits per heavy atom. The van der Waals surface area contributed by atoms with Crippen LogP contribution in [0.15, 0.2) is 18.2 Å². The van der Waals surface area contributed by atoms with Crippen LogP contribution < -0.4 is 20.5 Å². The highest BCUT2D eigenvalue weighted by Crippen LogP contribution is 2.39. The fourth-order valence-electron chi connectivity index (χ4n) is 3.15. The van der Waals surface area contributed by atoms with E-state index >= 15 is 0 Å². The van der Waals surface area contributed by atoms with E-state index in [1.165, 1.54) is 25.6 Å². The second-order valence-corrected chi connectivity index (χ2v) is 6.88. The molecule has 0 radical (unpaired) electrons. The smallest absolute Gasteiger partial charge is 0.260 e. The highest BCUT2D eigenvalue weighted by atomic mass is 32.1. The summed E-state index contributed by atoms with van der Waals surface area (Å²) in [5.41, 5.74) is 7.33. The van der Waals surface area contributed by atoms with E-state index in [4.69, 9.17) is 15.2 Å². The van der Waals surface area contributed by atoms with Crippen LogP contribution in [0.2, 0.25) is 0 Å². The Labute approximate surface area is 149 Å². The number of anilines is 1. The highest BCUT2D eigenvalue weighted by molar-refractivity contribution is 7.17. The number of rotatable bonds is 5. The van der Waals surface area contributed by atoms with Gasteiger partial charge in [-0.1, -0.05) is 6.07 Å². The number of nitrogens with two attached hydrogens (primary N) is 1. The average molecular weight is 360 g/mol. The van der Waals surface area contributed by atoms with Crippen LogP contribution in [0.4, 0.5) is 5.00 Å². The molecule has 1 aromatic heterocycles. The predicted octanol–water partition coefficient (Wildman–Crippen LogP) is 3.00. The van der Waals surface area contributed by atoms with Gasteiger partial charge in [0.2, 0.25) is 0 Å². The second kappa shape index (κ2) is 7.14. The first-order valence-corrected chi connectivity index (χ1v) is 8.85. The Morgan fingerprint density at radius 1 is 1.16 bits per heavy atom. The van der Waals surface area contributed by atoms with Crippen molar-refractivity contribution < 1.29 is 19.1 Å². The number of ether oxygens (including phenoxy) is 2. The van der Waals surface area contributed by atoms with Gasteiger partial charge in [-0.05, 0) is 43.4 Å². The van der Waals surface area contributed by atoms with Gasteiger partial charge in [-0.25, -0.2) is 0 Å². The fraction of sp³-hybridized carbons (Fsp3) is 0.333. The maximum atomic E-state index is 12.8. The van der Waals surface area contributed by atoms with Gasteiger partial charge in [0.15, 0.2) is 11.5 Å². The quantitative estimate of drug-likeness (QED) is 0.857. The molecule has 1 aromatic carbocycles. The number of aryl methyl sites for hydroxylation is 1. The van der Waals surface area contributed by atoms with Crippen LogP contribution in [0, 0.1) is 0 Å². The molecule has 0 saturated heterocycles. The Hall–Kier alpha value is -2.54. The third-order valence-corrected chi connectivity index (χ3v) is 5.50. The molecule has 0 atom stereocenters. The second-order valence-electron chi connectivity index (χ2n) is 5.77. The molecule has 0 aliphatic heterocycles. The van der Waals surface area contributed by atoms with E-state index in [1.807, 2.05) is 0 Å². The molecule has 0 unspecified atom stereocenters. The molecule has 7 heteroatoms. The van der Waals surface area contributed by atoms with Gasteiger partial charge in [-0.2, -0.15) is 0 Å². The van der Waals surface area contributed by atoms with Gasteiger partial charge in [0, 0.05) is 4.88 Å². The van der Waals surface area contributed by atoms with Crippen molar-refractivity contribution in [3.8, 4) is 11.5 Å². The monoisotopic (exact) mass is 360 g/mol. The van der Waals surface area contributed by atoms with E-state index in [2.05, 4.69) is 5.32 Å². The van der Waals surface area contributed by atoms with E-state index in [9.17, 15) is 9.59 Å². The number of carbonyl (C=O) groups is 2. The number of para-hydroxylation sites is 1. The van der Waals surface area contributed by atoms with Gasteiger partial charge in [0.1, 0.15) is 5.00 Å². The van der Waals surface area contributed by atoms with Gasteiger partial charge >= 0.3 is 0 Å². The summed E-state index contributed by atoms with van der Waals surface area (Å²) in [6.07, 6.45) is 3.85. The number of carbonyl (C=O) groups excluding carboxylic acids is 2. The first-order valence-electron chi connectivity index (χ1n) is 8.03. The van der Waals surface area contributed by atoms with Crippen molar-refractivity contribution in [2.45, 2.75) is 25.7 Å². The summed E-state index contributed by atoms with van der Waals surface area (Å²) in [4.78, 5) is 25.8. The van der Waals surface area contributed by atoms with Gasteiger partial charge < -0.3 is 20.5 Å².